The second-order valence-corrected chi connectivity index (χ2v) is 16.4. The minimum absolute atomic E-state index is 0.307. The highest BCUT2D eigenvalue weighted by Crippen LogP contribution is 2.48. The van der Waals surface area contributed by atoms with E-state index in [0.717, 1.165) is 44.9 Å². The summed E-state index contributed by atoms with van der Waals surface area (Å²) < 4.78 is 34.9. The number of methoxy groups -OCH3 is 2. The van der Waals surface area contributed by atoms with Crippen LogP contribution in [0.1, 0.15) is 53.0 Å². The summed E-state index contributed by atoms with van der Waals surface area (Å²) in [5.41, 5.74) is 5.00. The van der Waals surface area contributed by atoms with E-state index in [9.17, 15) is 0 Å². The van der Waals surface area contributed by atoms with Crippen LogP contribution in [0, 0.1) is 0 Å². The standard InChI is InChI=1S/C53H51N5O5S/c1-5-45-47(61-36-64-4)48(63-53(40-22-14-8-15-23-40,41-24-16-9-17-25-41)42-28-32-44(60-3)33-29-42)51(62-45)58-35-56-46-49(54-34-55-50(46)58)57-52(37-18-10-6-11-19-37,38-20-12-7-13-21-38)39-26-30-43(59-2)31-27-39/h6-35,45,47-48,51H,5,36H2,1-4H3,(H,54,55,57)/t45-,47?,48?,51-/m1/s1. The quantitative estimate of drug-likeness (QED) is 0.0703. The Morgan fingerprint density at radius 3 is 1.59 bits per heavy atom. The van der Waals surface area contributed by atoms with Crippen LogP contribution >= 0.6 is 11.8 Å². The van der Waals surface area contributed by atoms with Crippen molar-refractivity contribution in [3.8, 4) is 11.5 Å². The lowest BCUT2D eigenvalue weighted by Gasteiger charge is -2.40. The van der Waals surface area contributed by atoms with Gasteiger partial charge in [0.1, 0.15) is 41.2 Å². The molecule has 4 atom stereocenters. The first-order valence-electron chi connectivity index (χ1n) is 21.4. The van der Waals surface area contributed by atoms with Crippen LogP contribution in [-0.2, 0) is 25.4 Å². The Balaban J connectivity index is 1.21. The summed E-state index contributed by atoms with van der Waals surface area (Å²) in [6, 6.07) is 57.7. The number of nitrogens with zero attached hydrogens (tertiary/aromatic N) is 4. The molecular weight excluding hydrogens is 819 g/mol. The van der Waals surface area contributed by atoms with E-state index >= 15 is 0 Å². The molecule has 1 fully saturated rings. The predicted molar refractivity (Wildman–Crippen MR) is 253 cm³/mol. The topological polar surface area (TPSA) is 102 Å². The van der Waals surface area contributed by atoms with Gasteiger partial charge in [-0.2, -0.15) is 0 Å². The van der Waals surface area contributed by atoms with Crippen molar-refractivity contribution in [2.45, 2.75) is 49.0 Å². The third-order valence-corrected chi connectivity index (χ3v) is 12.5. The van der Waals surface area contributed by atoms with Gasteiger partial charge < -0.3 is 29.0 Å². The molecule has 324 valence electrons. The Morgan fingerprint density at radius 1 is 0.609 bits per heavy atom. The maximum atomic E-state index is 7.84. The fourth-order valence-electron chi connectivity index (χ4n) is 9.05. The van der Waals surface area contributed by atoms with Gasteiger partial charge in [-0.05, 0) is 70.3 Å². The van der Waals surface area contributed by atoms with Crippen LogP contribution in [-0.4, -0.2) is 64.2 Å². The number of imidazole rings is 1. The van der Waals surface area contributed by atoms with Gasteiger partial charge in [-0.3, -0.25) is 4.57 Å². The number of nitrogens with one attached hydrogen (secondary N) is 1. The molecule has 64 heavy (non-hydrogen) atoms. The van der Waals surface area contributed by atoms with Crippen LogP contribution in [0.3, 0.4) is 0 Å². The van der Waals surface area contributed by atoms with Gasteiger partial charge in [-0.25, -0.2) is 15.0 Å². The molecular formula is C53H51N5O5S. The molecule has 9 rings (SSSR count). The molecule has 1 saturated heterocycles. The molecule has 0 saturated carbocycles. The molecule has 0 amide bonds. The van der Waals surface area contributed by atoms with Gasteiger partial charge in [0.05, 0.1) is 32.6 Å². The summed E-state index contributed by atoms with van der Waals surface area (Å²) >= 11 is 1.62. The molecule has 1 aliphatic rings. The monoisotopic (exact) mass is 869 g/mol. The molecule has 2 aromatic heterocycles. The average Bonchev–Trinajstić information content (AvgIpc) is 3.96. The molecule has 0 bridgehead atoms. The molecule has 3 heterocycles. The van der Waals surface area contributed by atoms with E-state index in [1.54, 1.807) is 38.6 Å². The highest BCUT2D eigenvalue weighted by Gasteiger charge is 2.52. The zero-order valence-corrected chi connectivity index (χ0v) is 37.1. The molecule has 1 N–H and O–H groups in total. The smallest absolute Gasteiger partial charge is 0.167 e. The van der Waals surface area contributed by atoms with Crippen molar-refractivity contribution < 1.29 is 23.7 Å². The molecule has 11 heteroatoms. The van der Waals surface area contributed by atoms with Gasteiger partial charge in [-0.1, -0.05) is 153 Å². The molecule has 0 aliphatic carbocycles. The van der Waals surface area contributed by atoms with Gasteiger partial charge in [0.2, 0.25) is 0 Å². The Labute approximate surface area is 378 Å². The minimum atomic E-state index is -1.11. The number of anilines is 1. The molecule has 10 nitrogen and oxygen atoms in total. The maximum Gasteiger partial charge on any atom is 0.167 e. The zero-order chi connectivity index (χ0) is 43.9. The summed E-state index contributed by atoms with van der Waals surface area (Å²) in [5, 5.41) is 3.93. The largest absolute Gasteiger partial charge is 0.497 e. The number of thioether (sulfide) groups is 1. The van der Waals surface area contributed by atoms with Crippen molar-refractivity contribution in [2.24, 2.45) is 0 Å². The molecule has 2 unspecified atom stereocenters. The van der Waals surface area contributed by atoms with Crippen LogP contribution in [0.2, 0.25) is 0 Å². The SMILES string of the molecule is CC[C@H]1O[C@@H](n2cnc3c(NC(c4ccccc4)(c4ccccc4)c4ccc(OC)cc4)ncnc32)C(OC(c2ccccc2)(c2ccccc2)c2ccc(OC)cc2)C1OCSC. The van der Waals surface area contributed by atoms with Crippen LogP contribution in [0.5, 0.6) is 11.5 Å². The summed E-state index contributed by atoms with van der Waals surface area (Å²) in [4.78, 5) is 14.9. The molecule has 8 aromatic rings. The van der Waals surface area contributed by atoms with Gasteiger partial charge in [0, 0.05) is 0 Å². The first kappa shape index (κ1) is 42.8. The van der Waals surface area contributed by atoms with E-state index in [-0.39, 0.29) is 6.10 Å². The van der Waals surface area contributed by atoms with Crippen molar-refractivity contribution in [2.75, 3.05) is 31.7 Å². The van der Waals surface area contributed by atoms with E-state index in [0.29, 0.717) is 29.3 Å². The van der Waals surface area contributed by atoms with Crippen LogP contribution < -0.4 is 14.8 Å². The summed E-state index contributed by atoms with van der Waals surface area (Å²) in [7, 11) is 3.35. The predicted octanol–water partition coefficient (Wildman–Crippen LogP) is 10.6. The Kier molecular flexibility index (Phi) is 12.8. The Hall–Kier alpha value is -6.50. The van der Waals surface area contributed by atoms with Crippen LogP contribution in [0.15, 0.2) is 183 Å². The van der Waals surface area contributed by atoms with E-state index in [4.69, 9.17) is 38.6 Å². The minimum Gasteiger partial charge on any atom is -0.497 e. The number of hydrogen-bond donors (Lipinski definition) is 1. The molecule has 0 radical (unpaired) electrons. The van der Waals surface area contributed by atoms with Crippen LogP contribution in [0.4, 0.5) is 5.82 Å². The third kappa shape index (κ3) is 7.89. The number of ether oxygens (including phenoxy) is 5. The van der Waals surface area contributed by atoms with Gasteiger partial charge in [-0.15, -0.1) is 11.8 Å². The molecule has 0 spiro atoms. The van der Waals surface area contributed by atoms with Crippen molar-refractivity contribution in [3.05, 3.63) is 216 Å². The maximum absolute atomic E-state index is 7.84. The van der Waals surface area contributed by atoms with Gasteiger partial charge >= 0.3 is 0 Å². The van der Waals surface area contributed by atoms with E-state index in [1.807, 2.05) is 83.6 Å². The number of rotatable bonds is 17. The fourth-order valence-corrected chi connectivity index (χ4v) is 9.35. The second kappa shape index (κ2) is 19.1. The Bertz CT molecular complexity index is 2650. The first-order chi connectivity index (χ1) is 31.5. The molecule has 6 aromatic carbocycles. The average molecular weight is 870 g/mol. The lowest BCUT2D eigenvalue weighted by molar-refractivity contribution is -0.127. The Morgan fingerprint density at radius 2 is 1.09 bits per heavy atom. The normalized spacial score (nSPS) is 17.6. The zero-order valence-electron chi connectivity index (χ0n) is 36.3. The van der Waals surface area contributed by atoms with Crippen molar-refractivity contribution in [1.29, 1.82) is 0 Å². The van der Waals surface area contributed by atoms with Crippen molar-refractivity contribution >= 4 is 28.7 Å². The highest BCUT2D eigenvalue weighted by molar-refractivity contribution is 7.98. The fraction of sp³-hybridized carbons (Fsp3) is 0.226. The summed E-state index contributed by atoms with van der Waals surface area (Å²) in [6.07, 6.45) is 3.97. The van der Waals surface area contributed by atoms with E-state index in [1.165, 1.54) is 0 Å². The number of hydrogen-bond acceptors (Lipinski definition) is 10. The number of fused-ring (bicyclic) bond motifs is 1. The van der Waals surface area contributed by atoms with Gasteiger partial charge in [0.15, 0.2) is 23.2 Å². The third-order valence-electron chi connectivity index (χ3n) is 12.1. The second-order valence-electron chi connectivity index (χ2n) is 15.6. The molecule has 1 aliphatic heterocycles. The van der Waals surface area contributed by atoms with Crippen molar-refractivity contribution in [1.82, 2.24) is 19.5 Å². The van der Waals surface area contributed by atoms with Crippen LogP contribution in [0.25, 0.3) is 11.2 Å². The summed E-state index contributed by atoms with van der Waals surface area (Å²) in [5.74, 6) is 2.51. The first-order valence-corrected chi connectivity index (χ1v) is 22.8. The van der Waals surface area contributed by atoms with E-state index in [2.05, 4.69) is 109 Å². The van der Waals surface area contributed by atoms with Crippen molar-refractivity contribution in [3.63, 3.8) is 0 Å². The number of aromatic nitrogens is 4. The highest BCUT2D eigenvalue weighted by atomic mass is 32.2. The lowest BCUT2D eigenvalue weighted by atomic mass is 9.77. The lowest BCUT2D eigenvalue weighted by Crippen LogP contribution is -2.44. The summed E-state index contributed by atoms with van der Waals surface area (Å²) in [6.45, 7) is 2.12. The number of benzene rings is 6. The van der Waals surface area contributed by atoms with Gasteiger partial charge in [0.25, 0.3) is 0 Å². The van der Waals surface area contributed by atoms with E-state index < -0.39 is 29.6 Å².